The maximum atomic E-state index is 10.0. The molecule has 0 radical (unpaired) electrons. The summed E-state index contributed by atoms with van der Waals surface area (Å²) in [5.41, 5.74) is 0.486. The first-order valence-electron chi connectivity index (χ1n) is 6.00. The van der Waals surface area contributed by atoms with Crippen LogP contribution >= 0.6 is 12.4 Å². The number of phenolic OH excluding ortho intramolecular Hbond substituents is 4. The number of benzene rings is 2. The van der Waals surface area contributed by atoms with Gasteiger partial charge in [0.1, 0.15) is 16.9 Å². The Hall–Kier alpha value is -2.86. The highest BCUT2D eigenvalue weighted by atomic mass is 35.5. The first kappa shape index (κ1) is 15.5. The minimum absolute atomic E-state index is 0. The molecular weight excluding hydrogens is 312 g/mol. The summed E-state index contributed by atoms with van der Waals surface area (Å²) in [6, 6.07) is 7.63. The molecule has 5 N–H and O–H groups in total. The van der Waals surface area contributed by atoms with E-state index in [4.69, 9.17) is 4.42 Å². The van der Waals surface area contributed by atoms with Crippen molar-refractivity contribution in [3.05, 3.63) is 36.4 Å². The number of rotatable bonds is 1. The van der Waals surface area contributed by atoms with Crippen molar-refractivity contribution in [3.8, 4) is 40.1 Å². The molecule has 2 aromatic carbocycles. The lowest BCUT2D eigenvalue weighted by molar-refractivity contribution is 0.403. The van der Waals surface area contributed by atoms with Crippen molar-refractivity contribution in [1.82, 2.24) is 0 Å². The van der Waals surface area contributed by atoms with Crippen LogP contribution in [0, 0.1) is 0 Å². The summed E-state index contributed by atoms with van der Waals surface area (Å²) < 4.78 is 5.47. The van der Waals surface area contributed by atoms with E-state index in [1.54, 1.807) is 0 Å². The third kappa shape index (κ3) is 2.51. The SMILES string of the molecule is Cl.Oc1cc(O)c2cc(O)c(-c3ccc(O)c(O)c3)[o+]c2c1. The fourth-order valence-electron chi connectivity index (χ4n) is 2.06. The molecule has 0 saturated heterocycles. The quantitative estimate of drug-likeness (QED) is 0.347. The van der Waals surface area contributed by atoms with E-state index in [-0.39, 0.29) is 57.9 Å². The molecule has 3 rings (SSSR count). The van der Waals surface area contributed by atoms with Gasteiger partial charge in [-0.05, 0) is 12.1 Å². The van der Waals surface area contributed by atoms with E-state index in [0.717, 1.165) is 6.07 Å². The van der Waals surface area contributed by atoms with Crippen LogP contribution in [0.3, 0.4) is 0 Å². The molecule has 0 amide bonds. The number of aromatic hydroxyl groups is 5. The van der Waals surface area contributed by atoms with Crippen LogP contribution in [0.4, 0.5) is 0 Å². The van der Waals surface area contributed by atoms with E-state index >= 15 is 0 Å². The van der Waals surface area contributed by atoms with Crippen LogP contribution in [0.25, 0.3) is 22.3 Å². The van der Waals surface area contributed by atoms with Gasteiger partial charge in [0.25, 0.3) is 0 Å². The van der Waals surface area contributed by atoms with Crippen molar-refractivity contribution >= 4 is 23.4 Å². The van der Waals surface area contributed by atoms with Crippen molar-refractivity contribution in [1.29, 1.82) is 0 Å². The maximum absolute atomic E-state index is 10.0. The van der Waals surface area contributed by atoms with Crippen molar-refractivity contribution in [3.63, 3.8) is 0 Å². The van der Waals surface area contributed by atoms with Gasteiger partial charge in [-0.15, -0.1) is 12.4 Å². The molecule has 0 aliphatic carbocycles. The van der Waals surface area contributed by atoms with Gasteiger partial charge in [0, 0.05) is 18.2 Å². The lowest BCUT2D eigenvalue weighted by atomic mass is 10.1. The number of halogens is 1. The maximum Gasteiger partial charge on any atom is 0.402 e. The zero-order valence-corrected chi connectivity index (χ0v) is 11.8. The van der Waals surface area contributed by atoms with Crippen LogP contribution < -0.4 is 0 Å². The zero-order valence-electron chi connectivity index (χ0n) is 11.0. The number of hydrogen-bond donors (Lipinski definition) is 5. The molecule has 114 valence electrons. The highest BCUT2D eigenvalue weighted by molar-refractivity contribution is 5.88. The Labute approximate surface area is 130 Å². The highest BCUT2D eigenvalue weighted by Crippen LogP contribution is 2.40. The van der Waals surface area contributed by atoms with E-state index in [9.17, 15) is 25.5 Å². The van der Waals surface area contributed by atoms with Crippen LogP contribution in [-0.4, -0.2) is 25.5 Å². The van der Waals surface area contributed by atoms with Crippen LogP contribution in [0.1, 0.15) is 0 Å². The molecule has 0 bridgehead atoms. The molecule has 0 atom stereocenters. The molecular formula is C15H12ClO6+. The first-order chi connectivity index (χ1) is 9.95. The van der Waals surface area contributed by atoms with Crippen molar-refractivity contribution < 1.29 is 29.9 Å². The minimum Gasteiger partial charge on any atom is -0.507 e. The molecule has 0 fully saturated rings. The van der Waals surface area contributed by atoms with E-state index in [1.165, 1.54) is 30.3 Å². The van der Waals surface area contributed by atoms with Gasteiger partial charge in [0.2, 0.25) is 5.75 Å². The lowest BCUT2D eigenvalue weighted by Gasteiger charge is -2.01. The Balaban J connectivity index is 0.00000176. The van der Waals surface area contributed by atoms with Crippen LogP contribution in [0.15, 0.2) is 40.8 Å². The third-order valence-electron chi connectivity index (χ3n) is 3.07. The Morgan fingerprint density at radius 3 is 2.09 bits per heavy atom. The molecule has 1 heterocycles. The molecule has 0 spiro atoms. The summed E-state index contributed by atoms with van der Waals surface area (Å²) in [6.45, 7) is 0. The molecule has 22 heavy (non-hydrogen) atoms. The molecule has 0 aliphatic heterocycles. The molecule has 6 nitrogen and oxygen atoms in total. The number of hydrogen-bond acceptors (Lipinski definition) is 5. The fourth-order valence-corrected chi connectivity index (χ4v) is 2.06. The van der Waals surface area contributed by atoms with E-state index in [0.29, 0.717) is 5.56 Å². The van der Waals surface area contributed by atoms with Gasteiger partial charge in [-0.1, -0.05) is 0 Å². The smallest absolute Gasteiger partial charge is 0.402 e. The van der Waals surface area contributed by atoms with E-state index in [1.807, 2.05) is 0 Å². The summed E-state index contributed by atoms with van der Waals surface area (Å²) in [4.78, 5) is 0. The summed E-state index contributed by atoms with van der Waals surface area (Å²) >= 11 is 0. The van der Waals surface area contributed by atoms with Gasteiger partial charge in [-0.25, -0.2) is 4.42 Å². The Kier molecular flexibility index (Phi) is 3.88. The zero-order chi connectivity index (χ0) is 15.1. The van der Waals surface area contributed by atoms with Gasteiger partial charge in [0.15, 0.2) is 11.5 Å². The van der Waals surface area contributed by atoms with Gasteiger partial charge in [-0.3, -0.25) is 0 Å². The normalized spacial score (nSPS) is 10.4. The van der Waals surface area contributed by atoms with Crippen LogP contribution in [0.5, 0.6) is 28.7 Å². The minimum atomic E-state index is -0.360. The van der Waals surface area contributed by atoms with E-state index < -0.39 is 0 Å². The van der Waals surface area contributed by atoms with Gasteiger partial charge < -0.3 is 25.5 Å². The molecule has 3 aromatic rings. The molecule has 1 aromatic heterocycles. The molecule has 0 aliphatic rings. The summed E-state index contributed by atoms with van der Waals surface area (Å²) in [5.74, 6) is -1.30. The average molecular weight is 324 g/mol. The summed E-state index contributed by atoms with van der Waals surface area (Å²) in [7, 11) is 0. The average Bonchev–Trinajstić information content (AvgIpc) is 2.42. The number of fused-ring (bicyclic) bond motifs is 1. The first-order valence-corrected chi connectivity index (χ1v) is 6.00. The Bertz CT molecular complexity index is 862. The van der Waals surface area contributed by atoms with Gasteiger partial charge in [0.05, 0.1) is 11.6 Å². The fraction of sp³-hybridized carbons (Fsp3) is 0. The topological polar surface area (TPSA) is 112 Å². The van der Waals surface area contributed by atoms with E-state index in [2.05, 4.69) is 0 Å². The summed E-state index contributed by atoms with van der Waals surface area (Å²) in [6.07, 6.45) is 0. The Morgan fingerprint density at radius 2 is 1.41 bits per heavy atom. The Morgan fingerprint density at radius 1 is 0.682 bits per heavy atom. The second kappa shape index (κ2) is 5.50. The van der Waals surface area contributed by atoms with Crippen molar-refractivity contribution in [2.45, 2.75) is 0 Å². The van der Waals surface area contributed by atoms with Crippen LogP contribution in [-0.2, 0) is 0 Å². The molecule has 7 heteroatoms. The number of phenols is 4. The predicted molar refractivity (Wildman–Crippen MR) is 81.6 cm³/mol. The van der Waals surface area contributed by atoms with Gasteiger partial charge in [-0.2, -0.15) is 0 Å². The summed E-state index contributed by atoms with van der Waals surface area (Å²) in [5, 5.41) is 48.2. The van der Waals surface area contributed by atoms with Gasteiger partial charge >= 0.3 is 11.3 Å². The largest absolute Gasteiger partial charge is 0.507 e. The van der Waals surface area contributed by atoms with Crippen molar-refractivity contribution in [2.24, 2.45) is 0 Å². The molecule has 0 unspecified atom stereocenters. The highest BCUT2D eigenvalue weighted by Gasteiger charge is 2.24. The second-order valence-corrected chi connectivity index (χ2v) is 4.54. The predicted octanol–water partition coefficient (Wildman–Crippen LogP) is 3.33. The third-order valence-corrected chi connectivity index (χ3v) is 3.07. The second-order valence-electron chi connectivity index (χ2n) is 4.54. The standard InChI is InChI=1S/C15H10O6.ClH/c16-8-4-11(18)9-6-13(20)15(21-14(9)5-8)7-1-2-10(17)12(19)3-7;/h1-6H,(H4-,16,17,18,19,20);1H/p+1. The lowest BCUT2D eigenvalue weighted by Crippen LogP contribution is -1.83. The van der Waals surface area contributed by atoms with Crippen LogP contribution in [0.2, 0.25) is 0 Å². The molecule has 0 saturated carbocycles. The monoisotopic (exact) mass is 323 g/mol. The van der Waals surface area contributed by atoms with Crippen molar-refractivity contribution in [2.75, 3.05) is 0 Å².